The largest absolute Gasteiger partial charge is 0.501 e. The van der Waals surface area contributed by atoms with E-state index in [9.17, 15) is 0 Å². The van der Waals surface area contributed by atoms with Gasteiger partial charge in [-0.15, -0.1) is 0 Å². The van der Waals surface area contributed by atoms with Gasteiger partial charge in [-0.05, 0) is 50.7 Å². The maximum absolute atomic E-state index is 7.13. The fourth-order valence-corrected chi connectivity index (χ4v) is 9.74. The van der Waals surface area contributed by atoms with E-state index in [1.165, 1.54) is 135 Å². The summed E-state index contributed by atoms with van der Waals surface area (Å²) in [5.74, 6) is 0.894. The Morgan fingerprint density at radius 3 is 1.03 bits per heavy atom. The van der Waals surface area contributed by atoms with Gasteiger partial charge in [-0.2, -0.15) is 12.6 Å². The summed E-state index contributed by atoms with van der Waals surface area (Å²) in [6, 6.07) is 0.958. The zero-order valence-corrected chi connectivity index (χ0v) is 22.8. The minimum absolute atomic E-state index is 0.337. The van der Waals surface area contributed by atoms with Gasteiger partial charge < -0.3 is 13.3 Å². The maximum Gasteiger partial charge on any atom is 0.501 e. The van der Waals surface area contributed by atoms with Crippen LogP contribution in [0.5, 0.6) is 0 Å². The van der Waals surface area contributed by atoms with Crippen molar-refractivity contribution in [2.45, 2.75) is 166 Å². The molecule has 0 amide bonds. The summed E-state index contributed by atoms with van der Waals surface area (Å²) in [4.78, 5) is 0. The van der Waals surface area contributed by atoms with E-state index in [2.05, 4.69) is 12.6 Å². The van der Waals surface area contributed by atoms with Gasteiger partial charge in [0.15, 0.2) is 0 Å². The van der Waals surface area contributed by atoms with E-state index in [-0.39, 0.29) is 0 Å². The smallest absolute Gasteiger partial charge is 0.370 e. The van der Waals surface area contributed by atoms with Crippen LogP contribution in [0.1, 0.15) is 141 Å². The topological polar surface area (TPSA) is 27.7 Å². The molecule has 0 N–H and O–H groups in total. The molecule has 0 spiro atoms. The van der Waals surface area contributed by atoms with Gasteiger partial charge in [0.25, 0.3) is 0 Å². The Morgan fingerprint density at radius 2 is 0.750 bits per heavy atom. The van der Waals surface area contributed by atoms with E-state index in [1.54, 1.807) is 0 Å². The summed E-state index contributed by atoms with van der Waals surface area (Å²) in [6.07, 6.45) is 29.3. The lowest BCUT2D eigenvalue weighted by atomic mass is 9.99. The molecule has 0 atom stereocenters. The molecule has 3 saturated carbocycles. The number of hydrogen-bond donors (Lipinski definition) is 1. The summed E-state index contributed by atoms with van der Waals surface area (Å²) in [5.41, 5.74) is 0. The lowest BCUT2D eigenvalue weighted by Crippen LogP contribution is -2.53. The lowest BCUT2D eigenvalue weighted by molar-refractivity contribution is -0.0348. The highest BCUT2D eigenvalue weighted by molar-refractivity contribution is 7.80. The van der Waals surface area contributed by atoms with Gasteiger partial charge in [-0.3, -0.25) is 0 Å². The molecule has 3 aliphatic carbocycles. The van der Waals surface area contributed by atoms with Gasteiger partial charge in [-0.1, -0.05) is 96.3 Å². The van der Waals surface area contributed by atoms with Crippen LogP contribution in [0.3, 0.4) is 0 Å². The molecule has 0 radical (unpaired) electrons. The molecule has 3 fully saturated rings. The van der Waals surface area contributed by atoms with Crippen molar-refractivity contribution in [2.24, 2.45) is 0 Å². The van der Waals surface area contributed by atoms with Gasteiger partial charge in [0, 0.05) is 24.4 Å². The standard InChI is InChI=1S/C27H52O3SSi/c31-23-16-24-32(28-25-17-10-4-1-5-11-18-25,29-26-19-12-6-2-7-13-20-26)30-27-21-14-8-3-9-15-22-27/h25-27,31H,1-24H2. The van der Waals surface area contributed by atoms with Crippen molar-refractivity contribution < 1.29 is 13.3 Å². The molecule has 0 unspecified atom stereocenters. The van der Waals surface area contributed by atoms with Crippen LogP contribution in [0, 0.1) is 0 Å². The predicted octanol–water partition coefficient (Wildman–Crippen LogP) is 8.63. The number of rotatable bonds is 9. The minimum atomic E-state index is -2.74. The van der Waals surface area contributed by atoms with Crippen LogP contribution >= 0.6 is 12.6 Å². The van der Waals surface area contributed by atoms with Gasteiger partial charge in [0.1, 0.15) is 0 Å². The van der Waals surface area contributed by atoms with Crippen molar-refractivity contribution in [2.75, 3.05) is 5.75 Å². The molecule has 0 saturated heterocycles. The molecule has 3 rings (SSSR count). The zero-order valence-electron chi connectivity index (χ0n) is 20.9. The lowest BCUT2D eigenvalue weighted by Gasteiger charge is -2.40. The van der Waals surface area contributed by atoms with Crippen LogP contribution in [0.15, 0.2) is 0 Å². The first-order chi connectivity index (χ1) is 15.8. The summed E-state index contributed by atoms with van der Waals surface area (Å²) < 4.78 is 21.4. The minimum Gasteiger partial charge on any atom is -0.370 e. The Balaban J connectivity index is 1.75. The molecule has 0 heterocycles. The summed E-state index contributed by atoms with van der Waals surface area (Å²) in [7, 11) is -2.74. The maximum atomic E-state index is 7.13. The molecule has 3 aliphatic rings. The summed E-state index contributed by atoms with van der Waals surface area (Å²) >= 11 is 4.58. The summed E-state index contributed by atoms with van der Waals surface area (Å²) in [5, 5.41) is 0. The zero-order chi connectivity index (χ0) is 22.3. The van der Waals surface area contributed by atoms with Crippen molar-refractivity contribution in [1.29, 1.82) is 0 Å². The quantitative estimate of drug-likeness (QED) is 0.262. The van der Waals surface area contributed by atoms with E-state index in [0.717, 1.165) is 18.2 Å². The third-order valence-corrected chi connectivity index (χ3v) is 11.2. The third-order valence-electron chi connectivity index (χ3n) is 7.84. The van der Waals surface area contributed by atoms with Crippen LogP contribution in [0.4, 0.5) is 0 Å². The SMILES string of the molecule is SCCC[Si](OC1CCCCCCC1)(OC1CCCCCCC1)OC1CCCCCCC1. The molecule has 0 aromatic heterocycles. The van der Waals surface area contributed by atoms with Crippen molar-refractivity contribution in [3.05, 3.63) is 0 Å². The number of hydrogen-bond acceptors (Lipinski definition) is 4. The molecule has 3 nitrogen and oxygen atoms in total. The van der Waals surface area contributed by atoms with Crippen LogP contribution in [0.25, 0.3) is 0 Å². The molecule has 0 aliphatic heterocycles. The molecule has 0 aromatic rings. The molecule has 188 valence electrons. The molecule has 0 aromatic carbocycles. The average molecular weight is 485 g/mol. The van der Waals surface area contributed by atoms with E-state index < -0.39 is 8.80 Å². The van der Waals surface area contributed by atoms with Crippen LogP contribution in [0.2, 0.25) is 6.04 Å². The first kappa shape index (κ1) is 27.0. The van der Waals surface area contributed by atoms with Crippen molar-refractivity contribution >= 4 is 21.4 Å². The van der Waals surface area contributed by atoms with Gasteiger partial charge >= 0.3 is 8.80 Å². The van der Waals surface area contributed by atoms with E-state index >= 15 is 0 Å². The fraction of sp³-hybridized carbons (Fsp3) is 1.00. The second-order valence-electron chi connectivity index (χ2n) is 10.8. The van der Waals surface area contributed by atoms with E-state index in [0.29, 0.717) is 18.3 Å². The van der Waals surface area contributed by atoms with Crippen molar-refractivity contribution in [1.82, 2.24) is 0 Å². The Bertz CT molecular complexity index is 394. The molecule has 5 heteroatoms. The molecular weight excluding hydrogens is 432 g/mol. The average Bonchev–Trinajstić information content (AvgIpc) is 2.72. The van der Waals surface area contributed by atoms with E-state index in [1.807, 2.05) is 0 Å². The second-order valence-corrected chi connectivity index (χ2v) is 13.8. The third kappa shape index (κ3) is 10.4. The Hall–Kier alpha value is 0.447. The van der Waals surface area contributed by atoms with Crippen molar-refractivity contribution in [3.8, 4) is 0 Å². The highest BCUT2D eigenvalue weighted by Crippen LogP contribution is 2.33. The van der Waals surface area contributed by atoms with Gasteiger partial charge in [0.05, 0.1) is 0 Å². The van der Waals surface area contributed by atoms with Crippen LogP contribution in [-0.2, 0) is 13.3 Å². The normalized spacial score (nSPS) is 24.7. The highest BCUT2D eigenvalue weighted by Gasteiger charge is 2.46. The summed E-state index contributed by atoms with van der Waals surface area (Å²) in [6.45, 7) is 0. The first-order valence-corrected chi connectivity index (χ1v) is 17.0. The first-order valence-electron chi connectivity index (χ1n) is 14.4. The van der Waals surface area contributed by atoms with Crippen LogP contribution in [-0.4, -0.2) is 32.9 Å². The van der Waals surface area contributed by atoms with Gasteiger partial charge in [0.2, 0.25) is 0 Å². The van der Waals surface area contributed by atoms with Crippen molar-refractivity contribution in [3.63, 3.8) is 0 Å². The Labute approximate surface area is 205 Å². The van der Waals surface area contributed by atoms with Crippen LogP contribution < -0.4 is 0 Å². The van der Waals surface area contributed by atoms with Gasteiger partial charge in [-0.25, -0.2) is 0 Å². The molecule has 0 bridgehead atoms. The Kier molecular flexibility index (Phi) is 13.7. The predicted molar refractivity (Wildman–Crippen MR) is 141 cm³/mol. The molecule has 32 heavy (non-hydrogen) atoms. The van der Waals surface area contributed by atoms with E-state index in [4.69, 9.17) is 13.3 Å². The Morgan fingerprint density at radius 1 is 0.469 bits per heavy atom. The second kappa shape index (κ2) is 16.2. The fourth-order valence-electron chi connectivity index (χ4n) is 5.93. The monoisotopic (exact) mass is 484 g/mol. The highest BCUT2D eigenvalue weighted by atomic mass is 32.1. The molecular formula is C27H52O3SSi. The number of thiol groups is 1.